The minimum atomic E-state index is 0.863. The van der Waals surface area contributed by atoms with Crippen molar-refractivity contribution in [3.05, 3.63) is 181 Å². The molecule has 0 saturated carbocycles. The van der Waals surface area contributed by atoms with Crippen LogP contribution in [0.4, 0.5) is 0 Å². The molecule has 0 unspecified atom stereocenters. The van der Waals surface area contributed by atoms with Gasteiger partial charge >= 0.3 is 0 Å². The predicted molar refractivity (Wildman–Crippen MR) is 236 cm³/mol. The monoisotopic (exact) mass is 744 g/mol. The van der Waals surface area contributed by atoms with Crippen molar-refractivity contribution in [2.45, 2.75) is 6.92 Å². The van der Waals surface area contributed by atoms with E-state index in [-0.39, 0.29) is 0 Å². The van der Waals surface area contributed by atoms with E-state index in [1.165, 1.54) is 5.56 Å². The van der Waals surface area contributed by atoms with Crippen LogP contribution in [0.25, 0.3) is 111 Å². The summed E-state index contributed by atoms with van der Waals surface area (Å²) in [5, 5.41) is 14.2. The quantitative estimate of drug-likeness (QED) is 0.180. The Kier molecular flexibility index (Phi) is 6.25. The van der Waals surface area contributed by atoms with E-state index < -0.39 is 0 Å². The van der Waals surface area contributed by atoms with E-state index in [1.54, 1.807) is 0 Å². The van der Waals surface area contributed by atoms with Crippen molar-refractivity contribution >= 4 is 87.9 Å². The first-order chi connectivity index (χ1) is 28.7. The molecule has 6 aromatic heterocycles. The first kappa shape index (κ1) is 31.3. The molecule has 7 aromatic carbocycles. The summed E-state index contributed by atoms with van der Waals surface area (Å²) in [6.07, 6.45) is 0. The molecule has 0 radical (unpaired) electrons. The van der Waals surface area contributed by atoms with Crippen molar-refractivity contribution in [1.82, 2.24) is 28.5 Å². The molecule has 0 aliphatic carbocycles. The second-order valence-electron chi connectivity index (χ2n) is 15.2. The van der Waals surface area contributed by atoms with E-state index >= 15 is 0 Å². The van der Waals surface area contributed by atoms with Crippen LogP contribution in [-0.2, 0) is 0 Å². The molecular weight excluding hydrogens is 713 g/mol. The number of rotatable bonds is 4. The van der Waals surface area contributed by atoms with E-state index in [1.807, 2.05) is 0 Å². The molecule has 7 heteroatoms. The molecule has 272 valence electrons. The van der Waals surface area contributed by atoms with Gasteiger partial charge in [-0.1, -0.05) is 103 Å². The zero-order valence-electron chi connectivity index (χ0n) is 31.3. The number of hydrogen-bond acceptors (Lipinski definition) is 3. The van der Waals surface area contributed by atoms with Crippen molar-refractivity contribution in [3.63, 3.8) is 0 Å². The van der Waals surface area contributed by atoms with Crippen molar-refractivity contribution < 1.29 is 4.42 Å². The fourth-order valence-electron chi connectivity index (χ4n) is 9.50. The van der Waals surface area contributed by atoms with E-state index in [4.69, 9.17) is 14.6 Å². The lowest BCUT2D eigenvalue weighted by Crippen LogP contribution is -2.01. The van der Waals surface area contributed by atoms with Gasteiger partial charge in [0.1, 0.15) is 33.1 Å². The van der Waals surface area contributed by atoms with Gasteiger partial charge in [0.2, 0.25) is 0 Å². The lowest BCUT2D eigenvalue weighted by Gasteiger charge is -2.14. The number of hydrogen-bond donors (Lipinski definition) is 0. The average Bonchev–Trinajstić information content (AvgIpc) is 4.06. The number of nitrogens with zero attached hydrogens (tertiary/aromatic N) is 6. The van der Waals surface area contributed by atoms with Gasteiger partial charge in [0.15, 0.2) is 11.2 Å². The Morgan fingerprint density at radius 3 is 1.34 bits per heavy atom. The fourth-order valence-corrected chi connectivity index (χ4v) is 9.50. The lowest BCUT2D eigenvalue weighted by molar-refractivity contribution is 0.676. The molecular formula is C51H32N6O. The maximum atomic E-state index is 7.02. The minimum Gasteiger partial charge on any atom is -0.451 e. The zero-order chi connectivity index (χ0) is 38.1. The largest absolute Gasteiger partial charge is 0.451 e. The van der Waals surface area contributed by atoms with E-state index in [0.29, 0.717) is 0 Å². The molecule has 0 aliphatic heterocycles. The molecule has 0 fully saturated rings. The molecule has 13 aromatic rings. The first-order valence-corrected chi connectivity index (χ1v) is 19.6. The van der Waals surface area contributed by atoms with Gasteiger partial charge < -0.3 is 22.7 Å². The summed E-state index contributed by atoms with van der Waals surface area (Å²) in [6.45, 7) is 2.14. The summed E-state index contributed by atoms with van der Waals surface area (Å²) < 4.78 is 16.5. The Morgan fingerprint density at radius 1 is 0.345 bits per heavy atom. The van der Waals surface area contributed by atoms with Gasteiger partial charge in [0.05, 0.1) is 22.1 Å². The Balaban J connectivity index is 1.16. The topological polar surface area (TPSA) is 58.6 Å². The van der Waals surface area contributed by atoms with E-state index in [0.717, 1.165) is 111 Å². The SMILES string of the molecule is Cc1ccc2c(c1)c1oc3c4ccccc4n(-c4cccc(-n5c6ccccc6c6nnc7c8ccccc8n(-c8ccccc8)c7c65)c4)c3c1n2-c1ccccc1. The van der Waals surface area contributed by atoms with Crippen LogP contribution in [0.15, 0.2) is 180 Å². The Labute approximate surface area is 330 Å². The predicted octanol–water partition coefficient (Wildman–Crippen LogP) is 12.8. The highest BCUT2D eigenvalue weighted by molar-refractivity contribution is 6.23. The average molecular weight is 745 g/mol. The van der Waals surface area contributed by atoms with Gasteiger partial charge in [0, 0.05) is 44.3 Å². The number of aromatic nitrogens is 6. The van der Waals surface area contributed by atoms with Crippen LogP contribution in [0, 0.1) is 6.92 Å². The van der Waals surface area contributed by atoms with Crippen molar-refractivity contribution in [2.75, 3.05) is 0 Å². The van der Waals surface area contributed by atoms with E-state index in [2.05, 4.69) is 201 Å². The zero-order valence-corrected chi connectivity index (χ0v) is 31.3. The van der Waals surface area contributed by atoms with Crippen LogP contribution >= 0.6 is 0 Å². The molecule has 0 amide bonds. The molecule has 0 bridgehead atoms. The van der Waals surface area contributed by atoms with Crippen LogP contribution in [0.1, 0.15) is 5.56 Å². The highest BCUT2D eigenvalue weighted by Crippen LogP contribution is 2.45. The smallest absolute Gasteiger partial charge is 0.163 e. The van der Waals surface area contributed by atoms with Crippen LogP contribution < -0.4 is 0 Å². The molecule has 13 rings (SSSR count). The third-order valence-corrected chi connectivity index (χ3v) is 11.9. The van der Waals surface area contributed by atoms with Gasteiger partial charge in [0.25, 0.3) is 0 Å². The Hall–Kier alpha value is -7.90. The number of aryl methyl sites for hydroxylation is 1. The van der Waals surface area contributed by atoms with Gasteiger partial charge in [-0.3, -0.25) is 0 Å². The summed E-state index contributed by atoms with van der Waals surface area (Å²) in [6, 6.07) is 62.3. The van der Waals surface area contributed by atoms with Crippen LogP contribution in [0.5, 0.6) is 0 Å². The number of fused-ring (bicyclic) bond motifs is 14. The van der Waals surface area contributed by atoms with Gasteiger partial charge in [-0.05, 0) is 85.8 Å². The third-order valence-electron chi connectivity index (χ3n) is 11.9. The molecule has 58 heavy (non-hydrogen) atoms. The van der Waals surface area contributed by atoms with Gasteiger partial charge in [-0.25, -0.2) is 0 Å². The normalized spacial score (nSPS) is 12.2. The first-order valence-electron chi connectivity index (χ1n) is 19.6. The molecule has 0 atom stereocenters. The van der Waals surface area contributed by atoms with Gasteiger partial charge in [-0.2, -0.15) is 0 Å². The van der Waals surface area contributed by atoms with Crippen LogP contribution in [0.2, 0.25) is 0 Å². The van der Waals surface area contributed by atoms with E-state index in [9.17, 15) is 0 Å². The minimum absolute atomic E-state index is 0.863. The maximum absolute atomic E-state index is 7.02. The molecule has 6 heterocycles. The number of benzene rings is 7. The highest BCUT2D eigenvalue weighted by Gasteiger charge is 2.27. The summed E-state index contributed by atoms with van der Waals surface area (Å²) in [5.74, 6) is 0. The highest BCUT2D eigenvalue weighted by atomic mass is 16.3. The Bertz CT molecular complexity index is 3800. The second-order valence-corrected chi connectivity index (χ2v) is 15.2. The summed E-state index contributed by atoms with van der Waals surface area (Å²) >= 11 is 0. The molecule has 0 aliphatic rings. The fraction of sp³-hybridized carbons (Fsp3) is 0.0196. The molecule has 7 nitrogen and oxygen atoms in total. The lowest BCUT2D eigenvalue weighted by atomic mass is 10.2. The molecule has 0 spiro atoms. The number of para-hydroxylation sites is 5. The van der Waals surface area contributed by atoms with Crippen molar-refractivity contribution in [1.29, 1.82) is 0 Å². The van der Waals surface area contributed by atoms with Crippen LogP contribution in [-0.4, -0.2) is 28.5 Å². The van der Waals surface area contributed by atoms with Crippen LogP contribution in [0.3, 0.4) is 0 Å². The van der Waals surface area contributed by atoms with Gasteiger partial charge in [-0.15, -0.1) is 10.2 Å². The summed E-state index contributed by atoms with van der Waals surface area (Å²) in [4.78, 5) is 0. The number of furan rings is 1. The van der Waals surface area contributed by atoms with Crippen molar-refractivity contribution in [3.8, 4) is 22.7 Å². The summed E-state index contributed by atoms with van der Waals surface area (Å²) in [7, 11) is 0. The maximum Gasteiger partial charge on any atom is 0.163 e. The summed E-state index contributed by atoms with van der Waals surface area (Å²) in [5.41, 5.74) is 17.4. The Morgan fingerprint density at radius 2 is 0.759 bits per heavy atom. The standard InChI is InChI=1S/C51H32N6O/c1-31-27-28-43-39(29-31)51-49(55(43)33-17-6-3-7-18-33)48-50(58-51)38-23-10-13-26-42(38)57(48)35-20-14-19-34(30-35)56-41-25-12-9-22-37(41)45-47(56)46-44(52-53-45)36-21-8-11-24-40(36)54(46)32-15-4-2-5-16-32/h2-30H,1H3. The molecule has 0 N–H and O–H groups in total. The molecule has 0 saturated heterocycles. The van der Waals surface area contributed by atoms with Crippen molar-refractivity contribution in [2.24, 2.45) is 0 Å². The second kappa shape index (κ2) is 11.6. The third kappa shape index (κ3) is 4.11.